The third kappa shape index (κ3) is 6.03. The first-order chi connectivity index (χ1) is 14.9. The lowest BCUT2D eigenvalue weighted by Crippen LogP contribution is -2.48. The van der Waals surface area contributed by atoms with Crippen LogP contribution >= 0.6 is 0 Å². The maximum absolute atomic E-state index is 11.9. The first-order valence-corrected chi connectivity index (χ1v) is 10.5. The van der Waals surface area contributed by atoms with E-state index in [1.165, 1.54) is 0 Å². The van der Waals surface area contributed by atoms with E-state index in [-0.39, 0.29) is 17.8 Å². The number of aromatic nitrogens is 3. The fraction of sp³-hybridized carbons (Fsp3) is 0.476. The van der Waals surface area contributed by atoms with Crippen molar-refractivity contribution in [3.63, 3.8) is 0 Å². The normalized spacial score (nSPS) is 18.3. The third-order valence-corrected chi connectivity index (χ3v) is 5.23. The molecule has 2 aromatic heterocycles. The van der Waals surface area contributed by atoms with Crippen LogP contribution in [0.2, 0.25) is 0 Å². The minimum Gasteiger partial charge on any atom is -0.465 e. The topological polar surface area (TPSA) is 155 Å². The molecule has 1 aliphatic rings. The van der Waals surface area contributed by atoms with Gasteiger partial charge in [0.25, 0.3) is 5.91 Å². The van der Waals surface area contributed by atoms with Crippen molar-refractivity contribution < 1.29 is 14.7 Å². The number of nitrogens with one attached hydrogen (secondary N) is 3. The van der Waals surface area contributed by atoms with Gasteiger partial charge in [0.2, 0.25) is 0 Å². The Balaban J connectivity index is 1.86. The Hall–Kier alpha value is -3.43. The molecule has 6 N–H and O–H groups in total. The highest BCUT2D eigenvalue weighted by Crippen LogP contribution is 2.25. The molecule has 3 rings (SSSR count). The second-order valence-corrected chi connectivity index (χ2v) is 7.84. The van der Waals surface area contributed by atoms with Gasteiger partial charge in [0.15, 0.2) is 11.5 Å². The number of aryl methyl sites for hydroxylation is 2. The number of amides is 2. The van der Waals surface area contributed by atoms with Gasteiger partial charge >= 0.3 is 6.09 Å². The van der Waals surface area contributed by atoms with Crippen molar-refractivity contribution >= 4 is 29.3 Å². The first kappa shape index (κ1) is 22.3. The van der Waals surface area contributed by atoms with Gasteiger partial charge < -0.3 is 26.8 Å². The maximum atomic E-state index is 11.9. The van der Waals surface area contributed by atoms with Crippen LogP contribution in [0, 0.1) is 6.92 Å². The lowest BCUT2D eigenvalue weighted by Gasteiger charge is -2.32. The molecule has 0 aliphatic heterocycles. The van der Waals surface area contributed by atoms with Crippen molar-refractivity contribution in [1.29, 1.82) is 0 Å². The molecule has 2 heterocycles. The molecule has 2 unspecified atom stereocenters. The van der Waals surface area contributed by atoms with E-state index in [9.17, 15) is 9.59 Å². The first-order valence-electron chi connectivity index (χ1n) is 10.5. The van der Waals surface area contributed by atoms with Gasteiger partial charge in [-0.2, -0.15) is 0 Å². The van der Waals surface area contributed by atoms with E-state index in [2.05, 4.69) is 38.1 Å². The molecule has 2 amide bonds. The fourth-order valence-electron chi connectivity index (χ4n) is 3.89. The SMILES string of the molecule is CCCc1cc(C)cc(Nc2cc(NC3CCCCC3NC(=O)O)nnc2C(N)=O)n1. The molecule has 10 nitrogen and oxygen atoms in total. The fourth-order valence-corrected chi connectivity index (χ4v) is 3.89. The smallest absolute Gasteiger partial charge is 0.404 e. The molecular weight excluding hydrogens is 398 g/mol. The van der Waals surface area contributed by atoms with Crippen LogP contribution in [0.15, 0.2) is 18.2 Å². The van der Waals surface area contributed by atoms with E-state index in [0.717, 1.165) is 49.8 Å². The summed E-state index contributed by atoms with van der Waals surface area (Å²) in [6, 6.07) is 5.21. The van der Waals surface area contributed by atoms with Crippen LogP contribution < -0.4 is 21.7 Å². The van der Waals surface area contributed by atoms with E-state index < -0.39 is 12.0 Å². The lowest BCUT2D eigenvalue weighted by molar-refractivity contribution is 0.0995. The van der Waals surface area contributed by atoms with Crippen LogP contribution in [0.3, 0.4) is 0 Å². The Morgan fingerprint density at radius 2 is 1.87 bits per heavy atom. The quantitative estimate of drug-likeness (QED) is 0.430. The van der Waals surface area contributed by atoms with E-state index in [1.807, 2.05) is 19.1 Å². The second kappa shape index (κ2) is 10.1. The van der Waals surface area contributed by atoms with Crippen molar-refractivity contribution in [3.8, 4) is 0 Å². The van der Waals surface area contributed by atoms with Gasteiger partial charge in [-0.15, -0.1) is 10.2 Å². The average molecular weight is 428 g/mol. The zero-order chi connectivity index (χ0) is 22.4. The predicted octanol–water partition coefficient (Wildman–Crippen LogP) is 2.97. The Morgan fingerprint density at radius 1 is 1.13 bits per heavy atom. The standard InChI is InChI=1S/C21H29N7O3/c1-3-6-13-9-12(2)10-17(23-13)25-16-11-18(27-28-19(16)20(22)29)24-14-7-4-5-8-15(14)26-21(30)31/h9-11,14-15,26H,3-8H2,1-2H3,(H2,22,29)(H,30,31)(H2,23,24,25,27). The molecule has 2 aromatic rings. The summed E-state index contributed by atoms with van der Waals surface area (Å²) in [5.41, 5.74) is 7.89. The summed E-state index contributed by atoms with van der Waals surface area (Å²) in [5.74, 6) is 0.317. The number of hydrogen-bond donors (Lipinski definition) is 5. The van der Waals surface area contributed by atoms with E-state index >= 15 is 0 Å². The number of carboxylic acid groups (broad SMARTS) is 1. The van der Waals surface area contributed by atoms with Gasteiger partial charge in [0.05, 0.1) is 11.7 Å². The molecule has 10 heteroatoms. The molecule has 0 aromatic carbocycles. The van der Waals surface area contributed by atoms with Gasteiger partial charge in [-0.3, -0.25) is 4.79 Å². The average Bonchev–Trinajstić information content (AvgIpc) is 2.69. The Labute approximate surface area is 181 Å². The molecule has 2 atom stereocenters. The molecule has 0 saturated heterocycles. The molecule has 0 bridgehead atoms. The summed E-state index contributed by atoms with van der Waals surface area (Å²) in [6.07, 6.45) is 4.26. The van der Waals surface area contributed by atoms with E-state index in [1.54, 1.807) is 6.07 Å². The van der Waals surface area contributed by atoms with Gasteiger partial charge in [-0.25, -0.2) is 9.78 Å². The molecule has 1 saturated carbocycles. The number of hydrogen-bond acceptors (Lipinski definition) is 7. The molecular formula is C21H29N7O3. The minimum absolute atomic E-state index is 0.00903. The van der Waals surface area contributed by atoms with Crippen LogP contribution in [0.25, 0.3) is 0 Å². The van der Waals surface area contributed by atoms with Gasteiger partial charge in [0, 0.05) is 17.8 Å². The van der Waals surface area contributed by atoms with Crippen LogP contribution in [0.5, 0.6) is 0 Å². The number of pyridine rings is 1. The molecule has 1 fully saturated rings. The van der Waals surface area contributed by atoms with Crippen molar-refractivity contribution in [2.24, 2.45) is 5.73 Å². The van der Waals surface area contributed by atoms with Crippen molar-refractivity contribution in [2.75, 3.05) is 10.6 Å². The van der Waals surface area contributed by atoms with Gasteiger partial charge in [-0.1, -0.05) is 26.2 Å². The summed E-state index contributed by atoms with van der Waals surface area (Å²) in [6.45, 7) is 4.07. The largest absolute Gasteiger partial charge is 0.465 e. The summed E-state index contributed by atoms with van der Waals surface area (Å²) in [5, 5.41) is 26.1. The van der Waals surface area contributed by atoms with E-state index in [4.69, 9.17) is 10.8 Å². The molecule has 0 spiro atoms. The van der Waals surface area contributed by atoms with Crippen molar-refractivity contribution in [1.82, 2.24) is 20.5 Å². The molecule has 0 radical (unpaired) electrons. The van der Waals surface area contributed by atoms with Crippen LogP contribution in [-0.4, -0.2) is 44.4 Å². The van der Waals surface area contributed by atoms with Crippen LogP contribution in [-0.2, 0) is 6.42 Å². The summed E-state index contributed by atoms with van der Waals surface area (Å²) >= 11 is 0. The number of anilines is 3. The highest BCUT2D eigenvalue weighted by atomic mass is 16.4. The zero-order valence-corrected chi connectivity index (χ0v) is 17.8. The summed E-state index contributed by atoms with van der Waals surface area (Å²) < 4.78 is 0. The Kier molecular flexibility index (Phi) is 7.22. The molecule has 31 heavy (non-hydrogen) atoms. The monoisotopic (exact) mass is 427 g/mol. The van der Waals surface area contributed by atoms with Crippen molar-refractivity contribution in [3.05, 3.63) is 35.2 Å². The highest BCUT2D eigenvalue weighted by Gasteiger charge is 2.27. The summed E-state index contributed by atoms with van der Waals surface area (Å²) in [7, 11) is 0. The number of nitrogens with zero attached hydrogens (tertiary/aromatic N) is 3. The predicted molar refractivity (Wildman–Crippen MR) is 118 cm³/mol. The minimum atomic E-state index is -1.05. The molecule has 166 valence electrons. The number of carbonyl (C=O) groups is 2. The van der Waals surface area contributed by atoms with Gasteiger partial charge in [0.1, 0.15) is 5.82 Å². The van der Waals surface area contributed by atoms with Crippen LogP contribution in [0.4, 0.5) is 22.1 Å². The van der Waals surface area contributed by atoms with Crippen molar-refractivity contribution in [2.45, 2.75) is 64.5 Å². The van der Waals surface area contributed by atoms with Gasteiger partial charge in [-0.05, 0) is 43.9 Å². The Bertz CT molecular complexity index is 951. The highest BCUT2D eigenvalue weighted by molar-refractivity contribution is 5.97. The number of carbonyl (C=O) groups excluding carboxylic acids is 1. The zero-order valence-electron chi connectivity index (χ0n) is 17.8. The third-order valence-electron chi connectivity index (χ3n) is 5.23. The lowest BCUT2D eigenvalue weighted by atomic mass is 9.90. The number of primary amides is 1. The Morgan fingerprint density at radius 3 is 2.55 bits per heavy atom. The number of nitrogens with two attached hydrogens (primary N) is 1. The molecule has 1 aliphatic carbocycles. The summed E-state index contributed by atoms with van der Waals surface area (Å²) in [4.78, 5) is 27.6. The van der Waals surface area contributed by atoms with E-state index in [0.29, 0.717) is 17.3 Å². The van der Waals surface area contributed by atoms with Crippen LogP contribution in [0.1, 0.15) is 60.8 Å². The number of rotatable bonds is 8. The second-order valence-electron chi connectivity index (χ2n) is 7.84. The maximum Gasteiger partial charge on any atom is 0.404 e.